The van der Waals surface area contributed by atoms with Gasteiger partial charge in [-0.2, -0.15) is 13.2 Å². The maximum absolute atomic E-state index is 13.5. The number of hydrogen-bond donors (Lipinski definition) is 1. The Labute approximate surface area is 225 Å². The van der Waals surface area contributed by atoms with Crippen LogP contribution < -0.4 is 10.2 Å². The summed E-state index contributed by atoms with van der Waals surface area (Å²) in [4.78, 5) is 29.8. The van der Waals surface area contributed by atoms with Crippen LogP contribution in [0.1, 0.15) is 56.3 Å². The van der Waals surface area contributed by atoms with Crippen LogP contribution in [0.5, 0.6) is 0 Å². The van der Waals surface area contributed by atoms with E-state index in [1.165, 1.54) is 13.0 Å². The fraction of sp³-hybridized carbons (Fsp3) is 0.500. The zero-order valence-electron chi connectivity index (χ0n) is 23.0. The molecule has 8 nitrogen and oxygen atoms in total. The van der Waals surface area contributed by atoms with E-state index in [9.17, 15) is 18.0 Å². The number of halogens is 3. The zero-order chi connectivity index (χ0) is 28.3. The molecule has 2 aromatic heterocycles. The highest BCUT2D eigenvalue weighted by atomic mass is 19.4. The highest BCUT2D eigenvalue weighted by Crippen LogP contribution is 2.43. The molecular weight excluding hydrogens is 509 g/mol. The molecule has 5 rings (SSSR count). The number of hydrogen-bond acceptors (Lipinski definition) is 7. The van der Waals surface area contributed by atoms with E-state index in [2.05, 4.69) is 25.2 Å². The molecule has 39 heavy (non-hydrogen) atoms. The summed E-state index contributed by atoms with van der Waals surface area (Å²) < 4.78 is 45.9. The molecule has 11 heteroatoms. The Hall–Kier alpha value is -3.63. The molecule has 1 amide bonds. The molecule has 1 aromatic carbocycles. The molecule has 0 radical (unpaired) electrons. The van der Waals surface area contributed by atoms with E-state index in [4.69, 9.17) is 4.74 Å². The highest BCUT2D eigenvalue weighted by Gasteiger charge is 2.54. The smallest absolute Gasteiger partial charge is 0.416 e. The van der Waals surface area contributed by atoms with Crippen molar-refractivity contribution in [1.82, 2.24) is 19.9 Å². The summed E-state index contributed by atoms with van der Waals surface area (Å²) in [6.07, 6.45) is -2.93. The summed E-state index contributed by atoms with van der Waals surface area (Å²) >= 11 is 0. The lowest BCUT2D eigenvalue weighted by atomic mass is 9.73. The van der Waals surface area contributed by atoms with E-state index in [0.29, 0.717) is 41.3 Å². The van der Waals surface area contributed by atoms with E-state index < -0.39 is 23.4 Å². The van der Waals surface area contributed by atoms with Gasteiger partial charge in [0.05, 0.1) is 28.9 Å². The van der Waals surface area contributed by atoms with Gasteiger partial charge in [-0.05, 0) is 64.8 Å². The van der Waals surface area contributed by atoms with Gasteiger partial charge in [-0.1, -0.05) is 12.1 Å². The Morgan fingerprint density at radius 2 is 1.79 bits per heavy atom. The van der Waals surface area contributed by atoms with Gasteiger partial charge in [0.15, 0.2) is 5.65 Å². The molecule has 2 saturated heterocycles. The molecule has 1 spiro atoms. The minimum atomic E-state index is -4.42. The van der Waals surface area contributed by atoms with Crippen LogP contribution in [-0.4, -0.2) is 57.7 Å². The van der Waals surface area contributed by atoms with Gasteiger partial charge in [-0.25, -0.2) is 19.7 Å². The van der Waals surface area contributed by atoms with Crippen molar-refractivity contribution in [2.45, 2.75) is 59.4 Å². The van der Waals surface area contributed by atoms with Crippen LogP contribution in [0.15, 0.2) is 30.5 Å². The Kier molecular flexibility index (Phi) is 6.38. The number of carbonyl (C=O) groups is 1. The molecule has 3 aromatic rings. The molecular formula is C28H33F3N6O2. The van der Waals surface area contributed by atoms with Gasteiger partial charge in [0.1, 0.15) is 17.2 Å². The average molecular weight is 543 g/mol. The fourth-order valence-electron chi connectivity index (χ4n) is 5.47. The van der Waals surface area contributed by atoms with Gasteiger partial charge in [-0.15, -0.1) is 0 Å². The number of benzene rings is 1. The van der Waals surface area contributed by atoms with Crippen LogP contribution in [0.25, 0.3) is 11.0 Å². The predicted octanol–water partition coefficient (Wildman–Crippen LogP) is 5.89. The summed E-state index contributed by atoms with van der Waals surface area (Å²) in [6, 6.07) is 5.75. The van der Waals surface area contributed by atoms with Crippen LogP contribution in [0.4, 0.5) is 29.5 Å². The van der Waals surface area contributed by atoms with Crippen LogP contribution in [0.3, 0.4) is 0 Å². The predicted molar refractivity (Wildman–Crippen MR) is 143 cm³/mol. The lowest BCUT2D eigenvalue weighted by molar-refractivity contribution is -0.138. The molecule has 2 fully saturated rings. The normalized spacial score (nSPS) is 17.6. The third-order valence-electron chi connectivity index (χ3n) is 7.27. The molecule has 2 aliphatic heterocycles. The molecule has 2 aliphatic rings. The SMILES string of the molecule is Cc1nc(N[C@H](C)c2cccc(C(F)(F)F)c2C)c2cc(N3CC4(CN(C(=O)OC(C)(C)C)C4)C3)cnc2n1. The highest BCUT2D eigenvalue weighted by molar-refractivity contribution is 5.89. The van der Waals surface area contributed by atoms with Crippen LogP contribution in [0, 0.1) is 19.3 Å². The first kappa shape index (κ1) is 27.0. The number of alkyl halides is 3. The van der Waals surface area contributed by atoms with Crippen molar-refractivity contribution in [2.75, 3.05) is 36.4 Å². The van der Waals surface area contributed by atoms with Gasteiger partial charge in [0.2, 0.25) is 0 Å². The monoisotopic (exact) mass is 542 g/mol. The lowest BCUT2D eigenvalue weighted by Gasteiger charge is -2.60. The Bertz CT molecular complexity index is 1420. The number of likely N-dealkylation sites (tertiary alicyclic amines) is 1. The van der Waals surface area contributed by atoms with Crippen LogP contribution >= 0.6 is 0 Å². The summed E-state index contributed by atoms with van der Waals surface area (Å²) in [5, 5.41) is 4.00. The van der Waals surface area contributed by atoms with Crippen molar-refractivity contribution >= 4 is 28.6 Å². The molecule has 1 N–H and O–H groups in total. The first-order chi connectivity index (χ1) is 18.1. The van der Waals surface area contributed by atoms with Gasteiger partial charge in [0, 0.05) is 31.6 Å². The minimum Gasteiger partial charge on any atom is -0.444 e. The quantitative estimate of drug-likeness (QED) is 0.440. The minimum absolute atomic E-state index is 0.0479. The van der Waals surface area contributed by atoms with Crippen molar-refractivity contribution in [3.8, 4) is 0 Å². The number of nitrogens with zero attached hydrogens (tertiary/aromatic N) is 5. The van der Waals surface area contributed by atoms with E-state index in [-0.39, 0.29) is 17.1 Å². The number of nitrogens with one attached hydrogen (secondary N) is 1. The molecule has 4 heterocycles. The molecule has 0 aliphatic carbocycles. The third-order valence-corrected chi connectivity index (χ3v) is 7.27. The Balaban J connectivity index is 1.33. The second-order valence-corrected chi connectivity index (χ2v) is 11.8. The first-order valence-electron chi connectivity index (χ1n) is 12.9. The number of anilines is 2. The number of ether oxygens (including phenoxy) is 1. The summed E-state index contributed by atoms with van der Waals surface area (Å²) in [5.41, 5.74) is 1.03. The average Bonchev–Trinajstić information content (AvgIpc) is 2.75. The molecule has 1 atom stereocenters. The number of aryl methyl sites for hydroxylation is 1. The number of rotatable bonds is 4. The fourth-order valence-corrected chi connectivity index (χ4v) is 5.47. The summed E-state index contributed by atoms with van der Waals surface area (Å²) in [6.45, 7) is 13.5. The van der Waals surface area contributed by atoms with Crippen molar-refractivity contribution in [3.05, 3.63) is 53.0 Å². The zero-order valence-corrected chi connectivity index (χ0v) is 23.0. The second kappa shape index (κ2) is 9.24. The van der Waals surface area contributed by atoms with Gasteiger partial charge >= 0.3 is 12.3 Å². The van der Waals surface area contributed by atoms with E-state index in [0.717, 1.165) is 24.8 Å². The topological polar surface area (TPSA) is 83.5 Å². The van der Waals surface area contributed by atoms with Crippen molar-refractivity contribution in [2.24, 2.45) is 5.41 Å². The van der Waals surface area contributed by atoms with Gasteiger partial charge in [-0.3, -0.25) is 0 Å². The number of pyridine rings is 1. The number of aromatic nitrogens is 3. The van der Waals surface area contributed by atoms with Crippen molar-refractivity contribution in [3.63, 3.8) is 0 Å². The summed E-state index contributed by atoms with van der Waals surface area (Å²) in [7, 11) is 0. The number of fused-ring (bicyclic) bond motifs is 1. The summed E-state index contributed by atoms with van der Waals surface area (Å²) in [5.74, 6) is 1.03. The molecule has 208 valence electrons. The van der Waals surface area contributed by atoms with Crippen molar-refractivity contribution < 1.29 is 22.7 Å². The van der Waals surface area contributed by atoms with E-state index >= 15 is 0 Å². The Morgan fingerprint density at radius 1 is 1.10 bits per heavy atom. The van der Waals surface area contributed by atoms with Crippen molar-refractivity contribution in [1.29, 1.82) is 0 Å². The molecule has 0 bridgehead atoms. The maximum atomic E-state index is 13.5. The van der Waals surface area contributed by atoms with Crippen LogP contribution in [0.2, 0.25) is 0 Å². The largest absolute Gasteiger partial charge is 0.444 e. The first-order valence-corrected chi connectivity index (χ1v) is 12.9. The standard InChI is InChI=1S/C28H33F3N6O2/c1-16-20(8-7-9-22(16)28(29,30)31)17(2)33-24-21-10-19(11-32-23(21)34-18(3)35-24)36-12-27(13-36)14-37(15-27)25(38)39-26(4,5)6/h7-11,17H,12-15H2,1-6H3,(H,32,33,34,35)/t17-/m1/s1. The van der Waals surface area contributed by atoms with E-state index in [1.54, 1.807) is 24.1 Å². The van der Waals surface area contributed by atoms with Gasteiger partial charge < -0.3 is 19.9 Å². The Morgan fingerprint density at radius 3 is 2.44 bits per heavy atom. The lowest BCUT2D eigenvalue weighted by Crippen LogP contribution is -2.73. The molecule has 0 saturated carbocycles. The van der Waals surface area contributed by atoms with Crippen LogP contribution in [-0.2, 0) is 10.9 Å². The second-order valence-electron chi connectivity index (χ2n) is 11.8. The number of carbonyl (C=O) groups excluding carboxylic acids is 1. The number of amides is 1. The molecule has 0 unspecified atom stereocenters. The van der Waals surface area contributed by atoms with Gasteiger partial charge in [0.25, 0.3) is 0 Å². The maximum Gasteiger partial charge on any atom is 0.416 e. The van der Waals surface area contributed by atoms with E-state index in [1.807, 2.05) is 33.8 Å². The third kappa shape index (κ3) is 5.31.